The molecule has 2 aromatic rings. The third-order valence-electron chi connectivity index (χ3n) is 4.78. The number of nitrogens with zero attached hydrogens (tertiary/aromatic N) is 3. The van der Waals surface area contributed by atoms with Crippen LogP contribution in [0.5, 0.6) is 5.75 Å². The van der Waals surface area contributed by atoms with Crippen molar-refractivity contribution in [1.29, 1.82) is 0 Å². The number of likely N-dealkylation sites (N-methyl/N-ethyl adjacent to an activating group) is 1. The van der Waals surface area contributed by atoms with E-state index in [1.54, 1.807) is 7.05 Å². The highest BCUT2D eigenvalue weighted by atomic mass is 127. The SMILES string of the molecule is CCN(CC)CCOc1ccc(CNC(=NC)NCc2cc(C(C)C)no2)cc1.I. The molecule has 7 nitrogen and oxygen atoms in total. The minimum absolute atomic E-state index is 0. The Morgan fingerprint density at radius 3 is 2.37 bits per heavy atom. The number of ether oxygens (including phenoxy) is 1. The maximum Gasteiger partial charge on any atom is 0.191 e. The molecule has 168 valence electrons. The van der Waals surface area contributed by atoms with E-state index in [4.69, 9.17) is 9.26 Å². The predicted molar refractivity (Wildman–Crippen MR) is 133 cm³/mol. The van der Waals surface area contributed by atoms with Crippen LogP contribution in [-0.2, 0) is 13.1 Å². The Morgan fingerprint density at radius 1 is 1.13 bits per heavy atom. The number of halogens is 1. The second-order valence-corrected chi connectivity index (χ2v) is 7.17. The first-order valence-electron chi connectivity index (χ1n) is 10.4. The topological polar surface area (TPSA) is 74.9 Å². The van der Waals surface area contributed by atoms with Crippen molar-refractivity contribution >= 4 is 29.9 Å². The first-order chi connectivity index (χ1) is 14.0. The molecular weight excluding hydrogens is 493 g/mol. The highest BCUT2D eigenvalue weighted by Crippen LogP contribution is 2.14. The van der Waals surface area contributed by atoms with Crippen molar-refractivity contribution in [1.82, 2.24) is 20.7 Å². The Hall–Kier alpha value is -1.81. The third-order valence-corrected chi connectivity index (χ3v) is 4.78. The fourth-order valence-electron chi connectivity index (χ4n) is 2.80. The Bertz CT molecular complexity index is 742. The molecule has 1 heterocycles. The van der Waals surface area contributed by atoms with Crippen molar-refractivity contribution in [3.63, 3.8) is 0 Å². The molecule has 0 spiro atoms. The quantitative estimate of drug-likeness (QED) is 0.261. The summed E-state index contributed by atoms with van der Waals surface area (Å²) >= 11 is 0. The fourth-order valence-corrected chi connectivity index (χ4v) is 2.80. The van der Waals surface area contributed by atoms with Gasteiger partial charge in [-0.3, -0.25) is 4.99 Å². The number of benzene rings is 1. The average Bonchev–Trinajstić information content (AvgIpc) is 3.22. The lowest BCUT2D eigenvalue weighted by Gasteiger charge is -2.18. The molecule has 0 amide bonds. The molecule has 0 saturated heterocycles. The van der Waals surface area contributed by atoms with Gasteiger partial charge in [-0.1, -0.05) is 45.0 Å². The molecule has 8 heteroatoms. The zero-order valence-electron chi connectivity index (χ0n) is 18.8. The Labute approximate surface area is 197 Å². The second kappa shape index (κ2) is 14.2. The minimum Gasteiger partial charge on any atom is -0.492 e. The van der Waals surface area contributed by atoms with E-state index >= 15 is 0 Å². The minimum atomic E-state index is 0. The Morgan fingerprint density at radius 2 is 1.80 bits per heavy atom. The van der Waals surface area contributed by atoms with Crippen LogP contribution in [0.1, 0.15) is 50.6 Å². The zero-order valence-corrected chi connectivity index (χ0v) is 21.1. The number of rotatable bonds is 11. The molecule has 1 aromatic carbocycles. The van der Waals surface area contributed by atoms with Crippen LogP contribution in [-0.4, -0.2) is 49.3 Å². The van der Waals surface area contributed by atoms with Gasteiger partial charge in [0, 0.05) is 26.2 Å². The van der Waals surface area contributed by atoms with E-state index in [2.05, 4.69) is 65.5 Å². The predicted octanol–water partition coefficient (Wildman–Crippen LogP) is 4.00. The van der Waals surface area contributed by atoms with Crippen LogP contribution in [0, 0.1) is 0 Å². The number of hydrogen-bond donors (Lipinski definition) is 2. The van der Waals surface area contributed by atoms with Crippen LogP contribution in [0.15, 0.2) is 39.8 Å². The van der Waals surface area contributed by atoms with Crippen molar-refractivity contribution in [3.05, 3.63) is 47.3 Å². The summed E-state index contributed by atoms with van der Waals surface area (Å²) in [5.74, 6) is 2.76. The van der Waals surface area contributed by atoms with Crippen molar-refractivity contribution in [2.75, 3.05) is 33.3 Å². The second-order valence-electron chi connectivity index (χ2n) is 7.17. The molecule has 1 aromatic heterocycles. The maximum atomic E-state index is 5.83. The summed E-state index contributed by atoms with van der Waals surface area (Å²) < 4.78 is 11.2. The van der Waals surface area contributed by atoms with E-state index in [1.807, 2.05) is 18.2 Å². The van der Waals surface area contributed by atoms with Gasteiger partial charge in [0.05, 0.1) is 12.2 Å². The normalized spacial score (nSPS) is 11.5. The molecule has 0 bridgehead atoms. The molecular formula is C22H36IN5O2. The first kappa shape index (κ1) is 26.2. The first-order valence-corrected chi connectivity index (χ1v) is 10.4. The average molecular weight is 529 g/mol. The lowest BCUT2D eigenvalue weighted by molar-refractivity contribution is 0.223. The highest BCUT2D eigenvalue weighted by Gasteiger charge is 2.08. The molecule has 2 rings (SSSR count). The number of guanidine groups is 1. The van der Waals surface area contributed by atoms with Gasteiger partial charge in [-0.15, -0.1) is 24.0 Å². The van der Waals surface area contributed by atoms with Crippen LogP contribution in [0.3, 0.4) is 0 Å². The number of aliphatic imine (C=N–C) groups is 1. The van der Waals surface area contributed by atoms with Gasteiger partial charge in [0.15, 0.2) is 11.7 Å². The van der Waals surface area contributed by atoms with Gasteiger partial charge in [0.2, 0.25) is 0 Å². The van der Waals surface area contributed by atoms with E-state index in [-0.39, 0.29) is 24.0 Å². The van der Waals surface area contributed by atoms with Crippen molar-refractivity contribution in [2.45, 2.75) is 46.7 Å². The molecule has 0 aliphatic heterocycles. The summed E-state index contributed by atoms with van der Waals surface area (Å²) in [6.07, 6.45) is 0. The molecule has 30 heavy (non-hydrogen) atoms. The van der Waals surface area contributed by atoms with Crippen LogP contribution < -0.4 is 15.4 Å². The fraction of sp³-hybridized carbons (Fsp3) is 0.545. The monoisotopic (exact) mass is 529 g/mol. The lowest BCUT2D eigenvalue weighted by atomic mass is 10.1. The van der Waals surface area contributed by atoms with E-state index in [1.165, 1.54) is 0 Å². The van der Waals surface area contributed by atoms with Crippen molar-refractivity contribution in [2.24, 2.45) is 4.99 Å². The number of nitrogens with one attached hydrogen (secondary N) is 2. The lowest BCUT2D eigenvalue weighted by Crippen LogP contribution is -2.36. The Kier molecular flexibility index (Phi) is 12.4. The van der Waals surface area contributed by atoms with E-state index in [0.717, 1.165) is 42.4 Å². The van der Waals surface area contributed by atoms with Gasteiger partial charge >= 0.3 is 0 Å². The molecule has 0 radical (unpaired) electrons. The summed E-state index contributed by atoms with van der Waals surface area (Å²) in [5, 5.41) is 10.6. The standard InChI is InChI=1S/C22H35N5O2.HI/c1-6-27(7-2)12-13-28-19-10-8-18(9-11-19)15-24-22(23-5)25-16-20-14-21(17(3)4)26-29-20;/h8-11,14,17H,6-7,12-13,15-16H2,1-5H3,(H2,23,24,25);1H. The van der Waals surface area contributed by atoms with Gasteiger partial charge in [0.25, 0.3) is 0 Å². The smallest absolute Gasteiger partial charge is 0.191 e. The van der Waals surface area contributed by atoms with E-state index < -0.39 is 0 Å². The zero-order chi connectivity index (χ0) is 21.1. The van der Waals surface area contributed by atoms with Crippen molar-refractivity contribution in [3.8, 4) is 5.75 Å². The summed E-state index contributed by atoms with van der Waals surface area (Å²) in [5.41, 5.74) is 2.12. The maximum absolute atomic E-state index is 5.83. The molecule has 2 N–H and O–H groups in total. The van der Waals surface area contributed by atoms with E-state index in [0.29, 0.717) is 31.6 Å². The highest BCUT2D eigenvalue weighted by molar-refractivity contribution is 14.0. The molecule has 0 aliphatic carbocycles. The van der Waals surface area contributed by atoms with Gasteiger partial charge in [0.1, 0.15) is 12.4 Å². The molecule has 0 unspecified atom stereocenters. The van der Waals surface area contributed by atoms with Gasteiger partial charge in [-0.25, -0.2) is 0 Å². The van der Waals surface area contributed by atoms with Gasteiger partial charge in [-0.05, 0) is 36.7 Å². The van der Waals surface area contributed by atoms with Crippen LogP contribution in [0.4, 0.5) is 0 Å². The largest absolute Gasteiger partial charge is 0.492 e. The van der Waals surface area contributed by atoms with Gasteiger partial charge < -0.3 is 24.8 Å². The van der Waals surface area contributed by atoms with Gasteiger partial charge in [-0.2, -0.15) is 0 Å². The van der Waals surface area contributed by atoms with Crippen LogP contribution in [0.25, 0.3) is 0 Å². The Balaban J connectivity index is 0.00000450. The summed E-state index contributed by atoms with van der Waals surface area (Å²) in [6.45, 7) is 13.5. The van der Waals surface area contributed by atoms with Crippen LogP contribution in [0.2, 0.25) is 0 Å². The van der Waals surface area contributed by atoms with Crippen molar-refractivity contribution < 1.29 is 9.26 Å². The molecule has 0 fully saturated rings. The number of aromatic nitrogens is 1. The summed E-state index contributed by atoms with van der Waals surface area (Å²) in [6, 6.07) is 10.1. The summed E-state index contributed by atoms with van der Waals surface area (Å²) in [7, 11) is 1.75. The van der Waals surface area contributed by atoms with E-state index in [9.17, 15) is 0 Å². The summed E-state index contributed by atoms with van der Waals surface area (Å²) in [4.78, 5) is 6.60. The number of hydrogen-bond acceptors (Lipinski definition) is 5. The molecule has 0 saturated carbocycles. The third kappa shape index (κ3) is 8.91. The molecule has 0 aliphatic rings. The molecule has 0 atom stereocenters. The van der Waals surface area contributed by atoms with Crippen LogP contribution >= 0.6 is 24.0 Å².